The zero-order valence-electron chi connectivity index (χ0n) is 19.4. The fourth-order valence-corrected chi connectivity index (χ4v) is 5.66. The van der Waals surface area contributed by atoms with Crippen LogP contribution in [-0.2, 0) is 0 Å². The van der Waals surface area contributed by atoms with Crippen LogP contribution >= 0.6 is 0 Å². The van der Waals surface area contributed by atoms with E-state index in [2.05, 4.69) is 97.1 Å². The minimum atomic E-state index is 0.892. The highest BCUT2D eigenvalue weighted by Crippen LogP contribution is 2.47. The number of hydrogen-bond donors (Lipinski definition) is 0. The third kappa shape index (κ3) is 2.67. The molecule has 36 heavy (non-hydrogen) atoms. The minimum Gasteiger partial charge on any atom is -0.455 e. The number of fused-ring (bicyclic) bond motifs is 9. The average molecular weight is 461 g/mol. The first-order valence-corrected chi connectivity index (χ1v) is 12.2. The van der Waals surface area contributed by atoms with Gasteiger partial charge in [-0.15, -0.1) is 0 Å². The Kier molecular flexibility index (Phi) is 3.97. The second-order valence-corrected chi connectivity index (χ2v) is 9.28. The van der Waals surface area contributed by atoms with Gasteiger partial charge in [0.05, 0.1) is 0 Å². The highest BCUT2D eigenvalue weighted by atomic mass is 16.3. The lowest BCUT2D eigenvalue weighted by atomic mass is 9.91. The first-order valence-electron chi connectivity index (χ1n) is 12.2. The molecule has 2 nitrogen and oxygen atoms in total. The molecule has 8 rings (SSSR count). The standard InChI is InChI=1S/C34H20O2/c1-3-11-21(12-4-1)25-19-27-28(33-31(25)23-15-7-9-17-29(23)35-33)20-26(22-13-5-2-6-14-22)32-24-16-8-10-18-30(24)36-34(27)32/h1-20H. The summed E-state index contributed by atoms with van der Waals surface area (Å²) < 4.78 is 13.2. The molecule has 0 saturated carbocycles. The lowest BCUT2D eigenvalue weighted by Crippen LogP contribution is -1.86. The summed E-state index contributed by atoms with van der Waals surface area (Å²) in [7, 11) is 0. The Morgan fingerprint density at radius 2 is 0.750 bits per heavy atom. The van der Waals surface area contributed by atoms with Crippen molar-refractivity contribution in [2.45, 2.75) is 0 Å². The summed E-state index contributed by atoms with van der Waals surface area (Å²) >= 11 is 0. The van der Waals surface area contributed by atoms with Crippen LogP contribution in [0, 0.1) is 0 Å². The summed E-state index contributed by atoms with van der Waals surface area (Å²) in [5.41, 5.74) is 8.19. The van der Waals surface area contributed by atoms with Crippen molar-refractivity contribution in [3.63, 3.8) is 0 Å². The predicted molar refractivity (Wildman–Crippen MR) is 149 cm³/mol. The Hall–Kier alpha value is -4.82. The van der Waals surface area contributed by atoms with Gasteiger partial charge >= 0.3 is 0 Å². The van der Waals surface area contributed by atoms with Gasteiger partial charge in [-0.1, -0.05) is 97.1 Å². The summed E-state index contributed by atoms with van der Waals surface area (Å²) in [5, 5.41) is 6.65. The molecule has 0 N–H and O–H groups in total. The van der Waals surface area contributed by atoms with Crippen LogP contribution in [0.3, 0.4) is 0 Å². The van der Waals surface area contributed by atoms with Crippen molar-refractivity contribution in [1.82, 2.24) is 0 Å². The van der Waals surface area contributed by atoms with E-state index in [9.17, 15) is 0 Å². The van der Waals surface area contributed by atoms with Gasteiger partial charge in [0.1, 0.15) is 22.3 Å². The molecular weight excluding hydrogens is 440 g/mol. The van der Waals surface area contributed by atoms with E-state index in [-0.39, 0.29) is 0 Å². The number of rotatable bonds is 2. The lowest BCUT2D eigenvalue weighted by molar-refractivity contribution is 0.669. The summed E-state index contributed by atoms with van der Waals surface area (Å²) in [6.45, 7) is 0. The van der Waals surface area contributed by atoms with Crippen LogP contribution < -0.4 is 0 Å². The van der Waals surface area contributed by atoms with Crippen LogP contribution in [-0.4, -0.2) is 0 Å². The molecule has 6 aromatic carbocycles. The van der Waals surface area contributed by atoms with Gasteiger partial charge in [0.15, 0.2) is 0 Å². The van der Waals surface area contributed by atoms with Crippen LogP contribution in [0.2, 0.25) is 0 Å². The molecule has 2 heterocycles. The Balaban J connectivity index is 1.65. The normalized spacial score (nSPS) is 11.9. The number of benzene rings is 6. The fourth-order valence-electron chi connectivity index (χ4n) is 5.66. The Morgan fingerprint density at radius 1 is 0.361 bits per heavy atom. The van der Waals surface area contributed by atoms with E-state index in [1.165, 1.54) is 0 Å². The molecular formula is C34H20O2. The van der Waals surface area contributed by atoms with Crippen LogP contribution in [0.15, 0.2) is 130 Å². The van der Waals surface area contributed by atoms with Crippen molar-refractivity contribution in [2.75, 3.05) is 0 Å². The molecule has 0 radical (unpaired) electrons. The maximum atomic E-state index is 6.60. The molecule has 0 atom stereocenters. The van der Waals surface area contributed by atoms with Crippen molar-refractivity contribution in [2.24, 2.45) is 0 Å². The van der Waals surface area contributed by atoms with Crippen molar-refractivity contribution in [1.29, 1.82) is 0 Å². The van der Waals surface area contributed by atoms with Crippen molar-refractivity contribution in [3.05, 3.63) is 121 Å². The maximum absolute atomic E-state index is 6.60. The molecule has 0 spiro atoms. The Bertz CT molecular complexity index is 1920. The first-order chi connectivity index (χ1) is 17.9. The largest absolute Gasteiger partial charge is 0.455 e. The summed E-state index contributed by atoms with van der Waals surface area (Å²) in [5.74, 6) is 0. The zero-order valence-corrected chi connectivity index (χ0v) is 19.4. The van der Waals surface area contributed by atoms with E-state index in [1.54, 1.807) is 0 Å². The van der Waals surface area contributed by atoms with Gasteiger partial charge < -0.3 is 8.83 Å². The van der Waals surface area contributed by atoms with Crippen molar-refractivity contribution >= 4 is 54.6 Å². The van der Waals surface area contributed by atoms with E-state index in [4.69, 9.17) is 8.83 Å². The number of furan rings is 2. The molecule has 0 aliphatic heterocycles. The molecule has 0 aliphatic rings. The van der Waals surface area contributed by atoms with E-state index < -0.39 is 0 Å². The van der Waals surface area contributed by atoms with Gasteiger partial charge in [0, 0.05) is 32.3 Å². The van der Waals surface area contributed by atoms with Crippen LogP contribution in [0.1, 0.15) is 0 Å². The van der Waals surface area contributed by atoms with Crippen LogP contribution in [0.5, 0.6) is 0 Å². The van der Waals surface area contributed by atoms with E-state index >= 15 is 0 Å². The van der Waals surface area contributed by atoms with Gasteiger partial charge in [-0.2, -0.15) is 0 Å². The summed E-state index contributed by atoms with van der Waals surface area (Å²) in [6.07, 6.45) is 0. The maximum Gasteiger partial charge on any atom is 0.144 e. The summed E-state index contributed by atoms with van der Waals surface area (Å²) in [6, 6.07) is 42.3. The topological polar surface area (TPSA) is 26.3 Å². The van der Waals surface area contributed by atoms with E-state index in [0.29, 0.717) is 0 Å². The van der Waals surface area contributed by atoms with E-state index in [0.717, 1.165) is 76.9 Å². The first kappa shape index (κ1) is 19.5. The molecule has 0 bridgehead atoms. The van der Waals surface area contributed by atoms with Crippen LogP contribution in [0.25, 0.3) is 76.9 Å². The molecule has 0 fully saturated rings. The molecule has 0 amide bonds. The van der Waals surface area contributed by atoms with Gasteiger partial charge in [0.25, 0.3) is 0 Å². The molecule has 2 heteroatoms. The number of hydrogen-bond acceptors (Lipinski definition) is 2. The molecule has 8 aromatic rings. The fraction of sp³-hybridized carbons (Fsp3) is 0. The zero-order chi connectivity index (χ0) is 23.6. The second-order valence-electron chi connectivity index (χ2n) is 9.28. The van der Waals surface area contributed by atoms with Crippen molar-refractivity contribution < 1.29 is 8.83 Å². The van der Waals surface area contributed by atoms with Gasteiger partial charge in [0.2, 0.25) is 0 Å². The molecule has 0 saturated heterocycles. The monoisotopic (exact) mass is 460 g/mol. The summed E-state index contributed by atoms with van der Waals surface area (Å²) in [4.78, 5) is 0. The van der Waals surface area contributed by atoms with Gasteiger partial charge in [-0.25, -0.2) is 0 Å². The van der Waals surface area contributed by atoms with Gasteiger partial charge in [-0.3, -0.25) is 0 Å². The SMILES string of the molecule is c1ccc(-c2cc3c(cc(-c4ccccc4)c4c5ccccc5oc34)c3oc4ccccc4c23)cc1. The third-order valence-corrected chi connectivity index (χ3v) is 7.26. The Labute approximate surface area is 207 Å². The predicted octanol–water partition coefficient (Wildman–Crippen LogP) is 9.97. The Morgan fingerprint density at radius 3 is 1.19 bits per heavy atom. The van der Waals surface area contributed by atoms with E-state index in [1.807, 2.05) is 24.3 Å². The lowest BCUT2D eigenvalue weighted by Gasteiger charge is -2.11. The molecule has 2 aromatic heterocycles. The molecule has 168 valence electrons. The highest BCUT2D eigenvalue weighted by molar-refractivity contribution is 6.29. The molecule has 0 aliphatic carbocycles. The average Bonchev–Trinajstić information content (AvgIpc) is 3.53. The smallest absolute Gasteiger partial charge is 0.144 e. The number of para-hydroxylation sites is 2. The van der Waals surface area contributed by atoms with Gasteiger partial charge in [-0.05, 0) is 46.5 Å². The highest BCUT2D eigenvalue weighted by Gasteiger charge is 2.22. The van der Waals surface area contributed by atoms with Crippen LogP contribution in [0.4, 0.5) is 0 Å². The minimum absolute atomic E-state index is 0.892. The van der Waals surface area contributed by atoms with Crippen molar-refractivity contribution in [3.8, 4) is 22.3 Å². The quantitative estimate of drug-likeness (QED) is 0.256. The molecule has 0 unspecified atom stereocenters. The second kappa shape index (κ2) is 7.34. The third-order valence-electron chi connectivity index (χ3n) is 7.26.